The topological polar surface area (TPSA) is 125 Å². The van der Waals surface area contributed by atoms with Crippen molar-refractivity contribution in [3.63, 3.8) is 0 Å². The molecule has 2 aromatic carbocycles. The van der Waals surface area contributed by atoms with Gasteiger partial charge in [-0.15, -0.1) is 0 Å². The first-order valence-corrected chi connectivity index (χ1v) is 13.0. The zero-order chi connectivity index (χ0) is 26.8. The first-order valence-electron chi connectivity index (χ1n) is 13.0. The lowest BCUT2D eigenvalue weighted by Gasteiger charge is -2.33. The number of nitrogens with two attached hydrogens (primary N) is 1. The number of fused-ring (bicyclic) bond motifs is 1. The Bertz CT molecular complexity index is 1240. The maximum atomic E-state index is 13.1. The molecule has 10 nitrogen and oxygen atoms in total. The summed E-state index contributed by atoms with van der Waals surface area (Å²) >= 11 is 0. The summed E-state index contributed by atoms with van der Waals surface area (Å²) in [4.78, 5) is 52.5. The normalized spacial score (nSPS) is 20.6. The number of hydrogen-bond acceptors (Lipinski definition) is 7. The second kappa shape index (κ2) is 10.9. The van der Waals surface area contributed by atoms with Crippen LogP contribution in [0, 0.1) is 0 Å². The van der Waals surface area contributed by atoms with E-state index in [4.69, 9.17) is 10.6 Å². The monoisotopic (exact) mass is 519 g/mol. The predicted octanol–water partition coefficient (Wildman–Crippen LogP) is 1.71. The Morgan fingerprint density at radius 2 is 1.74 bits per heavy atom. The molecule has 4 amide bonds. The van der Waals surface area contributed by atoms with Gasteiger partial charge in [-0.3, -0.25) is 24.1 Å². The van der Waals surface area contributed by atoms with E-state index < -0.39 is 17.9 Å². The van der Waals surface area contributed by atoms with Crippen LogP contribution in [0.2, 0.25) is 0 Å². The van der Waals surface area contributed by atoms with E-state index in [0.717, 1.165) is 43.6 Å². The zero-order valence-corrected chi connectivity index (χ0v) is 21.5. The Hall–Kier alpha value is -3.76. The first-order chi connectivity index (χ1) is 18.3. The fourth-order valence-corrected chi connectivity index (χ4v) is 5.47. The number of likely N-dealkylation sites (tertiary alicyclic amines) is 1. The van der Waals surface area contributed by atoms with Gasteiger partial charge < -0.3 is 15.0 Å². The van der Waals surface area contributed by atoms with E-state index in [1.165, 1.54) is 10.5 Å². The molecule has 38 heavy (non-hydrogen) atoms. The second-order valence-corrected chi connectivity index (χ2v) is 10.2. The molecule has 200 valence electrons. The molecule has 2 fully saturated rings. The number of amides is 4. The van der Waals surface area contributed by atoms with Crippen molar-refractivity contribution in [1.82, 2.24) is 20.1 Å². The molecule has 0 radical (unpaired) electrons. The van der Waals surface area contributed by atoms with Gasteiger partial charge in [0.2, 0.25) is 11.8 Å². The summed E-state index contributed by atoms with van der Waals surface area (Å²) in [6.07, 6.45) is 2.32. The molecule has 0 aliphatic carbocycles. The average Bonchev–Trinajstić information content (AvgIpc) is 3.24. The van der Waals surface area contributed by atoms with E-state index in [0.29, 0.717) is 22.9 Å². The largest absolute Gasteiger partial charge is 0.489 e. The Labute approximate surface area is 221 Å². The van der Waals surface area contributed by atoms with Crippen molar-refractivity contribution in [1.29, 1.82) is 0 Å². The molecule has 3 aliphatic rings. The number of rotatable bonds is 7. The van der Waals surface area contributed by atoms with Gasteiger partial charge in [-0.2, -0.15) is 0 Å². The predicted molar refractivity (Wildman–Crippen MR) is 138 cm³/mol. The summed E-state index contributed by atoms with van der Waals surface area (Å²) in [6, 6.07) is 13.2. The van der Waals surface area contributed by atoms with E-state index >= 15 is 0 Å². The van der Waals surface area contributed by atoms with Gasteiger partial charge in [0.1, 0.15) is 18.4 Å². The third-order valence-corrected chi connectivity index (χ3v) is 7.57. The van der Waals surface area contributed by atoms with Crippen molar-refractivity contribution in [2.24, 2.45) is 5.84 Å². The van der Waals surface area contributed by atoms with Crippen LogP contribution in [0.15, 0.2) is 42.5 Å². The molecule has 2 aromatic rings. The lowest BCUT2D eigenvalue weighted by Crippen LogP contribution is -2.57. The van der Waals surface area contributed by atoms with Gasteiger partial charge in [-0.1, -0.05) is 30.3 Å². The molecule has 3 aliphatic heterocycles. The molecule has 3 heterocycles. The Morgan fingerprint density at radius 1 is 1.03 bits per heavy atom. The number of imide groups is 1. The lowest BCUT2D eigenvalue weighted by atomic mass is 10.0. The molecular weight excluding hydrogens is 486 g/mol. The van der Waals surface area contributed by atoms with Crippen LogP contribution >= 0.6 is 0 Å². The first kappa shape index (κ1) is 25.9. The maximum absolute atomic E-state index is 13.1. The van der Waals surface area contributed by atoms with Crippen LogP contribution in [0.5, 0.6) is 5.75 Å². The number of benzene rings is 2. The van der Waals surface area contributed by atoms with Gasteiger partial charge in [0.05, 0.1) is 6.54 Å². The molecule has 0 bridgehead atoms. The lowest BCUT2D eigenvalue weighted by molar-refractivity contribution is -0.152. The average molecular weight is 520 g/mol. The molecule has 5 rings (SSSR count). The number of nitrogens with zero attached hydrogens (tertiary/aromatic N) is 3. The van der Waals surface area contributed by atoms with E-state index in [1.807, 2.05) is 18.2 Å². The van der Waals surface area contributed by atoms with Crippen molar-refractivity contribution in [3.05, 3.63) is 64.7 Å². The van der Waals surface area contributed by atoms with E-state index in [1.54, 1.807) is 19.1 Å². The second-order valence-electron chi connectivity index (χ2n) is 10.2. The Balaban J connectivity index is 1.17. The summed E-state index contributed by atoms with van der Waals surface area (Å²) in [7, 11) is 0. The summed E-state index contributed by atoms with van der Waals surface area (Å²) in [6.45, 7) is 4.92. The van der Waals surface area contributed by atoms with Gasteiger partial charge in [0.25, 0.3) is 11.8 Å². The van der Waals surface area contributed by atoms with Crippen LogP contribution in [0.4, 0.5) is 0 Å². The summed E-state index contributed by atoms with van der Waals surface area (Å²) in [5, 5.41) is 3.63. The number of carbonyl (C=O) groups excluding carboxylic acids is 4. The van der Waals surface area contributed by atoms with Gasteiger partial charge in [-0.25, -0.2) is 10.9 Å². The van der Waals surface area contributed by atoms with Crippen molar-refractivity contribution in [3.8, 4) is 5.75 Å². The maximum Gasteiger partial charge on any atom is 0.266 e. The van der Waals surface area contributed by atoms with Crippen molar-refractivity contribution >= 4 is 23.6 Å². The van der Waals surface area contributed by atoms with E-state index in [9.17, 15) is 19.2 Å². The molecule has 1 unspecified atom stereocenters. The van der Waals surface area contributed by atoms with E-state index in [-0.39, 0.29) is 37.2 Å². The highest BCUT2D eigenvalue weighted by Crippen LogP contribution is 2.34. The van der Waals surface area contributed by atoms with Gasteiger partial charge in [0.15, 0.2) is 0 Å². The Kier molecular flexibility index (Phi) is 7.44. The van der Waals surface area contributed by atoms with Crippen LogP contribution in [-0.4, -0.2) is 63.6 Å². The molecule has 2 saturated heterocycles. The zero-order valence-electron chi connectivity index (χ0n) is 21.5. The molecule has 0 spiro atoms. The standard InChI is InChI=1S/C28H33N5O5/c1-18(34)30-21-11-13-31(14-12-21)15-19-5-7-20(8-6-19)17-38-25-4-2-3-22-23(25)16-32(27(22)36)24-9-10-26(35)33(29)28(24)37/h2-8,21,24H,9-17,29H2,1H3,(H,30,34). The van der Waals surface area contributed by atoms with Crippen LogP contribution in [0.3, 0.4) is 0 Å². The van der Waals surface area contributed by atoms with Crippen LogP contribution in [-0.2, 0) is 34.1 Å². The minimum Gasteiger partial charge on any atom is -0.489 e. The third kappa shape index (κ3) is 5.41. The van der Waals surface area contributed by atoms with Crippen molar-refractivity contribution < 1.29 is 23.9 Å². The number of carbonyl (C=O) groups is 4. The van der Waals surface area contributed by atoms with Crippen LogP contribution < -0.4 is 15.9 Å². The minimum atomic E-state index is -0.755. The fourth-order valence-electron chi connectivity index (χ4n) is 5.47. The molecule has 0 aromatic heterocycles. The number of piperidine rings is 2. The smallest absolute Gasteiger partial charge is 0.266 e. The SMILES string of the molecule is CC(=O)NC1CCN(Cc2ccc(COc3cccc4c3CN(C3CCC(=O)N(N)C3=O)C4=O)cc2)CC1. The molecular formula is C28H33N5O5. The van der Waals surface area contributed by atoms with E-state index in [2.05, 4.69) is 22.3 Å². The Morgan fingerprint density at radius 3 is 2.45 bits per heavy atom. The summed E-state index contributed by atoms with van der Waals surface area (Å²) in [5.41, 5.74) is 3.48. The minimum absolute atomic E-state index is 0.0330. The van der Waals surface area contributed by atoms with Crippen LogP contribution in [0.1, 0.15) is 59.7 Å². The van der Waals surface area contributed by atoms with Crippen LogP contribution in [0.25, 0.3) is 0 Å². The number of hydrazine groups is 1. The molecule has 1 atom stereocenters. The molecule has 3 N–H and O–H groups in total. The fraction of sp³-hybridized carbons (Fsp3) is 0.429. The van der Waals surface area contributed by atoms with Gasteiger partial charge in [-0.05, 0) is 42.5 Å². The van der Waals surface area contributed by atoms with Gasteiger partial charge >= 0.3 is 0 Å². The quantitative estimate of drug-likeness (QED) is 0.324. The molecule has 0 saturated carbocycles. The van der Waals surface area contributed by atoms with Gasteiger partial charge in [0, 0.05) is 50.1 Å². The van der Waals surface area contributed by atoms with Crippen molar-refractivity contribution in [2.75, 3.05) is 13.1 Å². The number of hydrogen-bond donors (Lipinski definition) is 2. The number of ether oxygens (including phenoxy) is 1. The highest BCUT2D eigenvalue weighted by Gasteiger charge is 2.42. The third-order valence-electron chi connectivity index (χ3n) is 7.57. The van der Waals surface area contributed by atoms with Crippen molar-refractivity contribution in [2.45, 2.75) is 64.4 Å². The highest BCUT2D eigenvalue weighted by atomic mass is 16.5. The summed E-state index contributed by atoms with van der Waals surface area (Å²) < 4.78 is 6.12. The number of nitrogens with one attached hydrogen (secondary N) is 1. The molecule has 10 heteroatoms. The summed E-state index contributed by atoms with van der Waals surface area (Å²) in [5.74, 6) is 5.01. The highest BCUT2D eigenvalue weighted by molar-refractivity contribution is 6.05.